The van der Waals surface area contributed by atoms with E-state index in [1.807, 2.05) is 24.3 Å². The standard InChI is InChI=1S/C20H18N2O3S/c21-15-18-8-3-4-9-20(18)25-13-5-12-22-26(23,24)19-11-10-16-6-1-2-7-17(16)14-19/h1-4,6-11,14,22H,5,12-13H2. The van der Waals surface area contributed by atoms with Crippen LogP contribution in [0.4, 0.5) is 0 Å². The van der Waals surface area contributed by atoms with Crippen molar-refractivity contribution in [2.24, 2.45) is 0 Å². The monoisotopic (exact) mass is 366 g/mol. The average Bonchev–Trinajstić information content (AvgIpc) is 2.67. The number of nitrogens with one attached hydrogen (secondary N) is 1. The van der Waals surface area contributed by atoms with Crippen molar-refractivity contribution < 1.29 is 13.2 Å². The quantitative estimate of drug-likeness (QED) is 0.650. The highest BCUT2D eigenvalue weighted by molar-refractivity contribution is 7.89. The minimum atomic E-state index is -3.57. The average molecular weight is 366 g/mol. The van der Waals surface area contributed by atoms with Gasteiger partial charge in [-0.15, -0.1) is 0 Å². The minimum absolute atomic E-state index is 0.243. The van der Waals surface area contributed by atoms with Crippen molar-refractivity contribution in [2.45, 2.75) is 11.3 Å². The van der Waals surface area contributed by atoms with Gasteiger partial charge in [-0.25, -0.2) is 13.1 Å². The molecule has 1 N–H and O–H groups in total. The molecule has 0 saturated carbocycles. The Bertz CT molecular complexity index is 1060. The molecule has 0 aliphatic rings. The molecule has 0 spiro atoms. The smallest absolute Gasteiger partial charge is 0.240 e. The Morgan fingerprint density at radius 2 is 1.69 bits per heavy atom. The Balaban J connectivity index is 1.55. The van der Waals surface area contributed by atoms with Crippen LogP contribution in [0.25, 0.3) is 10.8 Å². The van der Waals surface area contributed by atoms with Crippen molar-refractivity contribution in [3.8, 4) is 11.8 Å². The predicted molar refractivity (Wildman–Crippen MR) is 100 cm³/mol. The van der Waals surface area contributed by atoms with Crippen LogP contribution in [-0.2, 0) is 10.0 Å². The van der Waals surface area contributed by atoms with Crippen molar-refractivity contribution in [3.63, 3.8) is 0 Å². The zero-order valence-electron chi connectivity index (χ0n) is 14.1. The fourth-order valence-electron chi connectivity index (χ4n) is 2.56. The lowest BCUT2D eigenvalue weighted by Gasteiger charge is -2.09. The molecule has 0 heterocycles. The highest BCUT2D eigenvalue weighted by Gasteiger charge is 2.13. The molecule has 0 saturated heterocycles. The van der Waals surface area contributed by atoms with Crippen LogP contribution in [0.2, 0.25) is 0 Å². The fraction of sp³-hybridized carbons (Fsp3) is 0.150. The van der Waals surface area contributed by atoms with Gasteiger partial charge in [-0.1, -0.05) is 42.5 Å². The molecule has 6 heteroatoms. The van der Waals surface area contributed by atoms with E-state index in [-0.39, 0.29) is 11.4 Å². The minimum Gasteiger partial charge on any atom is -0.492 e. The third-order valence-electron chi connectivity index (χ3n) is 3.91. The summed E-state index contributed by atoms with van der Waals surface area (Å²) in [4.78, 5) is 0.243. The lowest BCUT2D eigenvalue weighted by Crippen LogP contribution is -2.25. The van der Waals surface area contributed by atoms with Gasteiger partial charge < -0.3 is 4.74 Å². The molecular weight excluding hydrogens is 348 g/mol. The Morgan fingerprint density at radius 3 is 2.50 bits per heavy atom. The lowest BCUT2D eigenvalue weighted by atomic mass is 10.1. The lowest BCUT2D eigenvalue weighted by molar-refractivity contribution is 0.310. The molecule has 132 valence electrons. The number of fused-ring (bicyclic) bond motifs is 1. The number of nitrogens with zero attached hydrogens (tertiary/aromatic N) is 1. The van der Waals surface area contributed by atoms with Crippen LogP contribution in [0.5, 0.6) is 5.75 Å². The molecule has 0 unspecified atom stereocenters. The van der Waals surface area contributed by atoms with E-state index in [2.05, 4.69) is 10.8 Å². The first kappa shape index (κ1) is 17.9. The number of sulfonamides is 1. The highest BCUT2D eigenvalue weighted by atomic mass is 32.2. The van der Waals surface area contributed by atoms with E-state index >= 15 is 0 Å². The van der Waals surface area contributed by atoms with Gasteiger partial charge >= 0.3 is 0 Å². The molecular formula is C20H18N2O3S. The summed E-state index contributed by atoms with van der Waals surface area (Å²) >= 11 is 0. The molecule has 26 heavy (non-hydrogen) atoms. The van der Waals surface area contributed by atoms with E-state index in [0.29, 0.717) is 24.3 Å². The number of ether oxygens (including phenoxy) is 1. The number of nitriles is 1. The Kier molecular flexibility index (Phi) is 5.52. The number of benzene rings is 3. The van der Waals surface area contributed by atoms with Crippen LogP contribution in [0.3, 0.4) is 0 Å². The number of hydrogen-bond acceptors (Lipinski definition) is 4. The molecule has 0 amide bonds. The molecule has 3 rings (SSSR count). The first-order valence-corrected chi connectivity index (χ1v) is 9.69. The Hall–Kier alpha value is -2.88. The topological polar surface area (TPSA) is 79.2 Å². The number of rotatable bonds is 7. The van der Waals surface area contributed by atoms with Crippen LogP contribution in [-0.4, -0.2) is 21.6 Å². The van der Waals surface area contributed by atoms with Crippen molar-refractivity contribution in [1.82, 2.24) is 4.72 Å². The van der Waals surface area contributed by atoms with Gasteiger partial charge in [0.15, 0.2) is 0 Å². The third-order valence-corrected chi connectivity index (χ3v) is 5.37. The molecule has 0 radical (unpaired) electrons. The second-order valence-electron chi connectivity index (χ2n) is 5.72. The van der Waals surface area contributed by atoms with E-state index in [1.54, 1.807) is 42.5 Å². The van der Waals surface area contributed by atoms with Crippen LogP contribution in [0.1, 0.15) is 12.0 Å². The van der Waals surface area contributed by atoms with Crippen molar-refractivity contribution in [1.29, 1.82) is 5.26 Å². The molecule has 0 aliphatic heterocycles. The molecule has 3 aromatic carbocycles. The maximum Gasteiger partial charge on any atom is 0.240 e. The first-order chi connectivity index (χ1) is 12.6. The van der Waals surface area contributed by atoms with Gasteiger partial charge in [-0.3, -0.25) is 0 Å². The van der Waals surface area contributed by atoms with E-state index < -0.39 is 10.0 Å². The second-order valence-corrected chi connectivity index (χ2v) is 7.48. The maximum absolute atomic E-state index is 12.4. The van der Waals surface area contributed by atoms with Crippen molar-refractivity contribution >= 4 is 20.8 Å². The zero-order chi connectivity index (χ0) is 18.4. The second kappa shape index (κ2) is 8.00. The van der Waals surface area contributed by atoms with E-state index in [9.17, 15) is 8.42 Å². The summed E-state index contributed by atoms with van der Waals surface area (Å²) in [6.45, 7) is 0.572. The SMILES string of the molecule is N#Cc1ccccc1OCCCNS(=O)(=O)c1ccc2ccccc2c1. The number of hydrogen-bond donors (Lipinski definition) is 1. The maximum atomic E-state index is 12.4. The third kappa shape index (κ3) is 4.20. The van der Waals surface area contributed by atoms with E-state index in [1.165, 1.54) is 0 Å². The molecule has 0 bridgehead atoms. The summed E-state index contributed by atoms with van der Waals surface area (Å²) in [5, 5.41) is 10.9. The van der Waals surface area contributed by atoms with Gasteiger partial charge in [0, 0.05) is 6.54 Å². The Morgan fingerprint density at radius 1 is 0.962 bits per heavy atom. The largest absolute Gasteiger partial charge is 0.492 e. The van der Waals surface area contributed by atoms with Crippen molar-refractivity contribution in [2.75, 3.05) is 13.2 Å². The van der Waals surface area contributed by atoms with Crippen molar-refractivity contribution in [3.05, 3.63) is 72.3 Å². The van der Waals surface area contributed by atoms with E-state index in [4.69, 9.17) is 10.00 Å². The van der Waals surface area contributed by atoms with Gasteiger partial charge in [0.25, 0.3) is 0 Å². The molecule has 3 aromatic rings. The molecule has 0 aliphatic carbocycles. The molecule has 0 atom stereocenters. The summed E-state index contributed by atoms with van der Waals surface area (Å²) in [5.74, 6) is 0.507. The highest BCUT2D eigenvalue weighted by Crippen LogP contribution is 2.19. The predicted octanol–water partition coefficient (Wildman–Crippen LogP) is 3.46. The first-order valence-electron chi connectivity index (χ1n) is 8.20. The molecule has 0 aromatic heterocycles. The van der Waals surface area contributed by atoms with Crippen LogP contribution in [0, 0.1) is 11.3 Å². The van der Waals surface area contributed by atoms with Gasteiger partial charge in [0.1, 0.15) is 11.8 Å². The zero-order valence-corrected chi connectivity index (χ0v) is 14.9. The van der Waals surface area contributed by atoms with Gasteiger partial charge in [-0.05, 0) is 41.5 Å². The molecule has 0 fully saturated rings. The van der Waals surface area contributed by atoms with Crippen LogP contribution < -0.4 is 9.46 Å². The van der Waals surface area contributed by atoms with Gasteiger partial charge in [0.05, 0.1) is 17.1 Å². The fourth-order valence-corrected chi connectivity index (χ4v) is 3.67. The number of para-hydroxylation sites is 1. The summed E-state index contributed by atoms with van der Waals surface area (Å²) in [6.07, 6.45) is 0.493. The normalized spacial score (nSPS) is 11.2. The summed E-state index contributed by atoms with van der Waals surface area (Å²) < 4.78 is 33.0. The summed E-state index contributed by atoms with van der Waals surface area (Å²) in [6, 6.07) is 21.7. The Labute approximate surface area is 152 Å². The van der Waals surface area contributed by atoms with Gasteiger partial charge in [-0.2, -0.15) is 5.26 Å². The summed E-state index contributed by atoms with van der Waals surface area (Å²) in [7, 11) is -3.57. The van der Waals surface area contributed by atoms with Gasteiger partial charge in [0.2, 0.25) is 10.0 Å². The molecule has 5 nitrogen and oxygen atoms in total. The van der Waals surface area contributed by atoms with Crippen LogP contribution >= 0.6 is 0 Å². The van der Waals surface area contributed by atoms with Crippen LogP contribution in [0.15, 0.2) is 71.6 Å². The van der Waals surface area contributed by atoms with E-state index in [0.717, 1.165) is 10.8 Å². The summed E-state index contributed by atoms with van der Waals surface area (Å²) in [5.41, 5.74) is 0.462.